The molecule has 108 valence electrons. The van der Waals surface area contributed by atoms with Gasteiger partial charge in [-0.25, -0.2) is 4.98 Å². The molecule has 1 aromatic heterocycles. The zero-order valence-electron chi connectivity index (χ0n) is 12.8. The van der Waals surface area contributed by atoms with Gasteiger partial charge in [0.2, 0.25) is 0 Å². The minimum atomic E-state index is -0.212. The SMILES string of the molecule is CCC(C)(C)NC(=O)c1ccc2nc(C(C)C)oc2c1. The highest BCUT2D eigenvalue weighted by Crippen LogP contribution is 2.22. The van der Waals surface area contributed by atoms with Crippen LogP contribution in [-0.4, -0.2) is 16.4 Å². The van der Waals surface area contributed by atoms with Crippen molar-refractivity contribution in [2.75, 3.05) is 0 Å². The van der Waals surface area contributed by atoms with Crippen LogP contribution in [0, 0.1) is 0 Å². The largest absolute Gasteiger partial charge is 0.440 e. The standard InChI is InChI=1S/C16H22N2O2/c1-6-16(4,5)18-14(19)11-7-8-12-13(9-11)20-15(17-12)10(2)3/h7-10H,6H2,1-5H3,(H,18,19). The van der Waals surface area contributed by atoms with E-state index in [1.807, 2.05) is 33.8 Å². The molecule has 0 atom stereocenters. The number of oxazole rings is 1. The Balaban J connectivity index is 2.29. The van der Waals surface area contributed by atoms with Crippen LogP contribution < -0.4 is 5.32 Å². The molecule has 1 amide bonds. The highest BCUT2D eigenvalue weighted by atomic mass is 16.3. The molecule has 0 bridgehead atoms. The Hall–Kier alpha value is -1.84. The topological polar surface area (TPSA) is 55.1 Å². The van der Waals surface area contributed by atoms with Gasteiger partial charge in [0.15, 0.2) is 11.5 Å². The van der Waals surface area contributed by atoms with Crippen molar-refractivity contribution in [2.24, 2.45) is 0 Å². The summed E-state index contributed by atoms with van der Waals surface area (Å²) in [7, 11) is 0. The number of hydrogen-bond donors (Lipinski definition) is 1. The van der Waals surface area contributed by atoms with Gasteiger partial charge in [0, 0.05) is 17.0 Å². The van der Waals surface area contributed by atoms with Gasteiger partial charge in [-0.15, -0.1) is 0 Å². The predicted molar refractivity (Wildman–Crippen MR) is 79.9 cm³/mol. The average molecular weight is 274 g/mol. The first-order valence-corrected chi connectivity index (χ1v) is 7.05. The Kier molecular flexibility index (Phi) is 3.84. The molecule has 0 aliphatic heterocycles. The number of fused-ring (bicyclic) bond motifs is 1. The van der Waals surface area contributed by atoms with E-state index in [4.69, 9.17) is 4.42 Å². The molecule has 0 unspecified atom stereocenters. The molecule has 1 N–H and O–H groups in total. The number of carbonyl (C=O) groups is 1. The number of hydrogen-bond acceptors (Lipinski definition) is 3. The lowest BCUT2D eigenvalue weighted by Gasteiger charge is -2.24. The van der Waals surface area contributed by atoms with Gasteiger partial charge in [-0.05, 0) is 38.5 Å². The monoisotopic (exact) mass is 274 g/mol. The van der Waals surface area contributed by atoms with Crippen LogP contribution in [0.5, 0.6) is 0 Å². The van der Waals surface area contributed by atoms with Gasteiger partial charge in [-0.3, -0.25) is 4.79 Å². The fraction of sp³-hybridized carbons (Fsp3) is 0.500. The quantitative estimate of drug-likeness (QED) is 0.920. The molecule has 4 nitrogen and oxygen atoms in total. The maximum Gasteiger partial charge on any atom is 0.251 e. The predicted octanol–water partition coefficient (Wildman–Crippen LogP) is 3.87. The number of nitrogens with one attached hydrogen (secondary N) is 1. The van der Waals surface area contributed by atoms with Crippen molar-refractivity contribution in [3.8, 4) is 0 Å². The number of nitrogens with zero attached hydrogens (tertiary/aromatic N) is 1. The van der Waals surface area contributed by atoms with Crippen LogP contribution in [0.3, 0.4) is 0 Å². The van der Waals surface area contributed by atoms with Gasteiger partial charge < -0.3 is 9.73 Å². The zero-order chi connectivity index (χ0) is 14.9. The van der Waals surface area contributed by atoms with Crippen LogP contribution in [0.1, 0.15) is 63.2 Å². The lowest BCUT2D eigenvalue weighted by atomic mass is 10.0. The van der Waals surface area contributed by atoms with Crippen molar-refractivity contribution in [3.05, 3.63) is 29.7 Å². The summed E-state index contributed by atoms with van der Waals surface area (Å²) in [6.07, 6.45) is 0.876. The van der Waals surface area contributed by atoms with Crippen LogP contribution in [0.2, 0.25) is 0 Å². The molecule has 0 aliphatic rings. The summed E-state index contributed by atoms with van der Waals surface area (Å²) in [5.74, 6) is 0.853. The highest BCUT2D eigenvalue weighted by Gasteiger charge is 2.19. The minimum absolute atomic E-state index is 0.0822. The summed E-state index contributed by atoms with van der Waals surface area (Å²) >= 11 is 0. The van der Waals surface area contributed by atoms with Crippen LogP contribution in [-0.2, 0) is 0 Å². The summed E-state index contributed by atoms with van der Waals surface area (Å²) in [4.78, 5) is 16.6. The van der Waals surface area contributed by atoms with Gasteiger partial charge in [-0.1, -0.05) is 20.8 Å². The third-order valence-corrected chi connectivity index (χ3v) is 3.50. The highest BCUT2D eigenvalue weighted by molar-refractivity contribution is 5.97. The molecule has 0 radical (unpaired) electrons. The molecule has 0 saturated heterocycles. The van der Waals surface area contributed by atoms with Crippen LogP contribution in [0.4, 0.5) is 0 Å². The van der Waals surface area contributed by atoms with Crippen LogP contribution in [0.25, 0.3) is 11.1 Å². The number of carbonyl (C=O) groups excluding carboxylic acids is 1. The third kappa shape index (κ3) is 3.00. The summed E-state index contributed by atoms with van der Waals surface area (Å²) in [5, 5.41) is 3.02. The third-order valence-electron chi connectivity index (χ3n) is 3.50. The molecular weight excluding hydrogens is 252 g/mol. The first-order chi connectivity index (χ1) is 9.32. The van der Waals surface area contributed by atoms with E-state index in [-0.39, 0.29) is 17.4 Å². The maximum absolute atomic E-state index is 12.2. The minimum Gasteiger partial charge on any atom is -0.440 e. The van der Waals surface area contributed by atoms with E-state index in [0.29, 0.717) is 17.0 Å². The smallest absolute Gasteiger partial charge is 0.251 e. The molecular formula is C16H22N2O2. The van der Waals surface area contributed by atoms with Gasteiger partial charge in [0.05, 0.1) is 0 Å². The van der Waals surface area contributed by atoms with Crippen molar-refractivity contribution in [2.45, 2.75) is 52.5 Å². The summed E-state index contributed by atoms with van der Waals surface area (Å²) < 4.78 is 5.69. The summed E-state index contributed by atoms with van der Waals surface area (Å²) in [6.45, 7) is 10.1. The lowest BCUT2D eigenvalue weighted by molar-refractivity contribution is 0.0911. The zero-order valence-corrected chi connectivity index (χ0v) is 12.8. The van der Waals surface area contributed by atoms with Gasteiger partial charge in [-0.2, -0.15) is 0 Å². The summed E-state index contributed by atoms with van der Waals surface area (Å²) in [5.41, 5.74) is 1.84. The van der Waals surface area contributed by atoms with Crippen molar-refractivity contribution in [1.29, 1.82) is 0 Å². The van der Waals surface area contributed by atoms with Crippen molar-refractivity contribution in [3.63, 3.8) is 0 Å². The molecule has 20 heavy (non-hydrogen) atoms. The van der Waals surface area contributed by atoms with E-state index in [0.717, 1.165) is 11.9 Å². The maximum atomic E-state index is 12.2. The van der Waals surface area contributed by atoms with E-state index in [1.165, 1.54) is 0 Å². The molecule has 1 heterocycles. The molecule has 0 aliphatic carbocycles. The Morgan fingerprint density at radius 1 is 1.40 bits per heavy atom. The molecule has 1 aromatic carbocycles. The number of benzene rings is 1. The second-order valence-corrected chi connectivity index (χ2v) is 6.08. The summed E-state index contributed by atoms with van der Waals surface area (Å²) in [6, 6.07) is 5.38. The molecule has 0 saturated carbocycles. The normalized spacial score (nSPS) is 12.1. The van der Waals surface area contributed by atoms with E-state index in [9.17, 15) is 4.79 Å². The van der Waals surface area contributed by atoms with Crippen LogP contribution >= 0.6 is 0 Å². The fourth-order valence-corrected chi connectivity index (χ4v) is 1.80. The van der Waals surface area contributed by atoms with Gasteiger partial charge in [0.25, 0.3) is 5.91 Å². The van der Waals surface area contributed by atoms with Gasteiger partial charge in [0.1, 0.15) is 5.52 Å². The molecule has 0 fully saturated rings. The first kappa shape index (κ1) is 14.6. The van der Waals surface area contributed by atoms with E-state index >= 15 is 0 Å². The number of rotatable bonds is 4. The molecule has 2 rings (SSSR count). The van der Waals surface area contributed by atoms with E-state index in [1.54, 1.807) is 12.1 Å². The first-order valence-electron chi connectivity index (χ1n) is 7.05. The van der Waals surface area contributed by atoms with Crippen molar-refractivity contribution in [1.82, 2.24) is 10.3 Å². The Bertz CT molecular complexity index is 626. The van der Waals surface area contributed by atoms with E-state index in [2.05, 4.69) is 17.2 Å². The Morgan fingerprint density at radius 3 is 2.70 bits per heavy atom. The number of aromatic nitrogens is 1. The van der Waals surface area contributed by atoms with Crippen molar-refractivity contribution < 1.29 is 9.21 Å². The van der Waals surface area contributed by atoms with Gasteiger partial charge >= 0.3 is 0 Å². The molecule has 0 spiro atoms. The molecule has 2 aromatic rings. The van der Waals surface area contributed by atoms with Crippen molar-refractivity contribution >= 4 is 17.0 Å². The lowest BCUT2D eigenvalue weighted by Crippen LogP contribution is -2.42. The average Bonchev–Trinajstić information content (AvgIpc) is 2.81. The number of amides is 1. The molecule has 4 heteroatoms. The second-order valence-electron chi connectivity index (χ2n) is 6.08. The van der Waals surface area contributed by atoms with E-state index < -0.39 is 0 Å². The fourth-order valence-electron chi connectivity index (χ4n) is 1.80. The van der Waals surface area contributed by atoms with Crippen LogP contribution in [0.15, 0.2) is 22.6 Å². The second kappa shape index (κ2) is 5.27. The Labute approximate surface area is 119 Å². The Morgan fingerprint density at radius 2 is 2.10 bits per heavy atom.